The molecule has 0 aliphatic carbocycles. The summed E-state index contributed by atoms with van der Waals surface area (Å²) in [5.74, 6) is -2.88. The van der Waals surface area contributed by atoms with Crippen LogP contribution in [0.15, 0.2) is 12.7 Å². The van der Waals surface area contributed by atoms with E-state index in [1.165, 1.54) is 6.08 Å². The number of ketones is 1. The number of ether oxygens (including phenoxy) is 2. The molecule has 1 N–H and O–H groups in total. The molecule has 0 unspecified atom stereocenters. The Morgan fingerprint density at radius 3 is 2.59 bits per heavy atom. The van der Waals surface area contributed by atoms with E-state index in [1.54, 1.807) is 0 Å². The number of hydrogen-bond acceptors (Lipinski definition) is 7. The van der Waals surface area contributed by atoms with E-state index in [0.717, 1.165) is 0 Å². The van der Waals surface area contributed by atoms with Crippen LogP contribution in [0.3, 0.4) is 0 Å². The van der Waals surface area contributed by atoms with Crippen molar-refractivity contribution in [3.63, 3.8) is 0 Å². The summed E-state index contributed by atoms with van der Waals surface area (Å²) >= 11 is 4.52. The quantitative estimate of drug-likeness (QED) is 0.157. The lowest BCUT2D eigenvalue weighted by molar-refractivity contribution is -0.171. The molecule has 1 amide bonds. The maximum atomic E-state index is 13.1. The number of nitrogens with one attached hydrogen (secondary N) is 1. The van der Waals surface area contributed by atoms with E-state index in [9.17, 15) is 14.4 Å². The topological polar surface area (TPSA) is 90.9 Å². The molecule has 0 saturated carbocycles. The number of rotatable bonds is 7. The van der Waals surface area contributed by atoms with E-state index in [0.29, 0.717) is 0 Å². The highest BCUT2D eigenvalue weighted by atomic mass is 32.1. The summed E-state index contributed by atoms with van der Waals surface area (Å²) in [5, 5.41) is 2.73. The Morgan fingerprint density at radius 2 is 2.07 bits per heavy atom. The van der Waals surface area contributed by atoms with Crippen LogP contribution in [0.4, 0.5) is 0 Å². The van der Waals surface area contributed by atoms with Gasteiger partial charge in [0.25, 0.3) is 0 Å². The van der Waals surface area contributed by atoms with Crippen LogP contribution in [0, 0.1) is 11.8 Å². The molecule has 29 heavy (non-hydrogen) atoms. The number of Topliss-reactive ketones (excluding diaryl/α,β-unsaturated/α-hetero) is 1. The minimum absolute atomic E-state index is 0.0210. The van der Waals surface area contributed by atoms with Gasteiger partial charge in [0.1, 0.15) is 12.5 Å². The Labute approximate surface area is 179 Å². The molecular formula is C20H33NO6SSi. The minimum Gasteiger partial charge on any atom is -0.461 e. The molecule has 0 aromatic heterocycles. The van der Waals surface area contributed by atoms with Crippen molar-refractivity contribution in [3.05, 3.63) is 12.7 Å². The van der Waals surface area contributed by atoms with Gasteiger partial charge in [0, 0.05) is 0 Å². The lowest BCUT2D eigenvalue weighted by atomic mass is 9.77. The van der Waals surface area contributed by atoms with Gasteiger partial charge in [-0.15, -0.1) is 12.6 Å². The molecular weight excluding hydrogens is 410 g/mol. The predicted molar refractivity (Wildman–Crippen MR) is 115 cm³/mol. The van der Waals surface area contributed by atoms with E-state index < -0.39 is 49.0 Å². The molecule has 2 fully saturated rings. The molecule has 2 aliphatic heterocycles. The maximum absolute atomic E-state index is 13.1. The first kappa shape index (κ1) is 24.1. The highest BCUT2D eigenvalue weighted by Gasteiger charge is 2.61. The van der Waals surface area contributed by atoms with Crippen LogP contribution >= 0.6 is 12.6 Å². The van der Waals surface area contributed by atoms with E-state index in [2.05, 4.69) is 58.4 Å². The molecule has 9 heteroatoms. The third-order valence-corrected chi connectivity index (χ3v) is 11.4. The standard InChI is InChI=1S/C20H33NO6SSi/c1-8-10-25-18(24)13-9-11-26-20(28,16(13)22)15-14(17(23)21-15)12(2)27-29(6,7)19(3,4)5/h8,12-15,28H,1,9-11H2,2-7H3,(H,21,23)/t12-,13+,14-,15+,20+/m1/s1. The van der Waals surface area contributed by atoms with Crippen molar-refractivity contribution in [2.45, 2.75) is 69.3 Å². The van der Waals surface area contributed by atoms with Crippen LogP contribution in [0.2, 0.25) is 18.1 Å². The summed E-state index contributed by atoms with van der Waals surface area (Å²) < 4.78 is 17.2. The molecule has 2 saturated heterocycles. The molecule has 5 atom stereocenters. The van der Waals surface area contributed by atoms with Crippen molar-refractivity contribution < 1.29 is 28.3 Å². The van der Waals surface area contributed by atoms with E-state index >= 15 is 0 Å². The molecule has 0 aromatic carbocycles. The van der Waals surface area contributed by atoms with E-state index in [1.807, 2.05) is 6.92 Å². The molecule has 0 aromatic rings. The third kappa shape index (κ3) is 4.62. The summed E-state index contributed by atoms with van der Waals surface area (Å²) in [4.78, 5) is 36.2. The van der Waals surface area contributed by atoms with Gasteiger partial charge in [-0.2, -0.15) is 0 Å². The summed E-state index contributed by atoms with van der Waals surface area (Å²) in [7, 11) is -2.12. The Hall–Kier alpha value is -1.16. The molecule has 0 radical (unpaired) electrons. The average molecular weight is 444 g/mol. The fourth-order valence-corrected chi connectivity index (χ4v) is 5.33. The third-order valence-electron chi connectivity index (χ3n) is 6.20. The predicted octanol–water partition coefficient (Wildman–Crippen LogP) is 2.47. The van der Waals surface area contributed by atoms with Crippen LogP contribution in [0.25, 0.3) is 0 Å². The maximum Gasteiger partial charge on any atom is 0.317 e. The molecule has 2 aliphatic rings. The van der Waals surface area contributed by atoms with E-state index in [4.69, 9.17) is 13.9 Å². The number of hydrogen-bond donors (Lipinski definition) is 2. The smallest absolute Gasteiger partial charge is 0.317 e. The molecule has 2 rings (SSSR count). The number of β-lactam (4-membered cyclic amide) rings is 1. The van der Waals surface area contributed by atoms with Crippen LogP contribution in [0.5, 0.6) is 0 Å². The van der Waals surface area contributed by atoms with Crippen molar-refractivity contribution in [3.8, 4) is 0 Å². The zero-order valence-corrected chi connectivity index (χ0v) is 20.0. The second-order valence-corrected chi connectivity index (χ2v) is 14.7. The number of amides is 1. The fourth-order valence-electron chi connectivity index (χ4n) is 3.43. The second kappa shape index (κ2) is 8.53. The van der Waals surface area contributed by atoms with Crippen molar-refractivity contribution in [1.29, 1.82) is 0 Å². The monoisotopic (exact) mass is 443 g/mol. The molecule has 0 spiro atoms. The Bertz CT molecular complexity index is 691. The number of carbonyl (C=O) groups excluding carboxylic acids is 3. The van der Waals surface area contributed by atoms with Crippen LogP contribution in [-0.2, 0) is 28.3 Å². The highest BCUT2D eigenvalue weighted by Crippen LogP contribution is 2.43. The van der Waals surface area contributed by atoms with Gasteiger partial charge in [-0.25, -0.2) is 0 Å². The van der Waals surface area contributed by atoms with E-state index in [-0.39, 0.29) is 30.6 Å². The van der Waals surface area contributed by atoms with Crippen molar-refractivity contribution in [2.75, 3.05) is 13.2 Å². The number of esters is 1. The van der Waals surface area contributed by atoms with Gasteiger partial charge in [-0.05, 0) is 31.5 Å². The fraction of sp³-hybridized carbons (Fsp3) is 0.750. The largest absolute Gasteiger partial charge is 0.461 e. The van der Waals surface area contributed by atoms with Crippen LogP contribution in [-0.4, -0.2) is 56.3 Å². The van der Waals surface area contributed by atoms with Gasteiger partial charge >= 0.3 is 5.97 Å². The van der Waals surface area contributed by atoms with Gasteiger partial charge in [0.05, 0.1) is 24.7 Å². The normalized spacial score (nSPS) is 31.5. The summed E-state index contributed by atoms with van der Waals surface area (Å²) in [6.07, 6.45) is 1.25. The summed E-state index contributed by atoms with van der Waals surface area (Å²) in [6.45, 7) is 16.1. The highest BCUT2D eigenvalue weighted by molar-refractivity contribution is 7.82. The van der Waals surface area contributed by atoms with Crippen molar-refractivity contribution >= 4 is 38.6 Å². The zero-order chi connectivity index (χ0) is 22.2. The zero-order valence-electron chi connectivity index (χ0n) is 18.1. The molecule has 2 heterocycles. The minimum atomic E-state index is -2.12. The summed E-state index contributed by atoms with van der Waals surface area (Å²) in [5.41, 5.74) is 0. The van der Waals surface area contributed by atoms with Gasteiger partial charge in [0.15, 0.2) is 19.0 Å². The molecule has 164 valence electrons. The number of carbonyl (C=O) groups is 3. The summed E-state index contributed by atoms with van der Waals surface area (Å²) in [6, 6.07) is -0.680. The average Bonchev–Trinajstić information content (AvgIpc) is 2.58. The molecule has 7 nitrogen and oxygen atoms in total. The Kier molecular flexibility index (Phi) is 7.09. The Morgan fingerprint density at radius 1 is 1.45 bits per heavy atom. The SMILES string of the molecule is C=CCOC(=O)[C@H]1CCO[C@](S)([C@H]2NC(=O)[C@@H]2[C@@H](C)O[Si](C)(C)C(C)(C)C)C1=O. The first-order chi connectivity index (χ1) is 13.3. The van der Waals surface area contributed by atoms with Crippen molar-refractivity contribution in [2.24, 2.45) is 11.8 Å². The van der Waals surface area contributed by atoms with Crippen LogP contribution < -0.4 is 5.32 Å². The lowest BCUT2D eigenvalue weighted by Gasteiger charge is -2.51. The lowest BCUT2D eigenvalue weighted by Crippen LogP contribution is -2.74. The Balaban J connectivity index is 2.19. The molecule has 0 bridgehead atoms. The van der Waals surface area contributed by atoms with Crippen LogP contribution in [0.1, 0.15) is 34.1 Å². The second-order valence-electron chi connectivity index (χ2n) is 9.26. The first-order valence-electron chi connectivity index (χ1n) is 9.92. The van der Waals surface area contributed by atoms with Gasteiger partial charge in [-0.3, -0.25) is 14.4 Å². The van der Waals surface area contributed by atoms with Gasteiger partial charge in [0.2, 0.25) is 5.91 Å². The number of thiol groups is 1. The van der Waals surface area contributed by atoms with Gasteiger partial charge < -0.3 is 19.2 Å². The first-order valence-corrected chi connectivity index (χ1v) is 13.3. The van der Waals surface area contributed by atoms with Crippen molar-refractivity contribution in [1.82, 2.24) is 5.32 Å². The van der Waals surface area contributed by atoms with Gasteiger partial charge in [-0.1, -0.05) is 33.4 Å².